The summed E-state index contributed by atoms with van der Waals surface area (Å²) in [5, 5.41) is 2.02. The van der Waals surface area contributed by atoms with E-state index in [0.717, 1.165) is 6.42 Å². The van der Waals surface area contributed by atoms with Gasteiger partial charge in [0.2, 0.25) is 29.1 Å². The number of carbonyl (C=O) groups is 1. The van der Waals surface area contributed by atoms with Crippen molar-refractivity contribution in [1.82, 2.24) is 5.09 Å². The number of nitrogens with one attached hydrogen (secondary N) is 1. The zero-order valence-corrected chi connectivity index (χ0v) is 14.4. The van der Waals surface area contributed by atoms with Crippen molar-refractivity contribution in [2.75, 3.05) is 0 Å². The van der Waals surface area contributed by atoms with E-state index in [2.05, 4.69) is 4.52 Å². The molecule has 0 aromatic heterocycles. The van der Waals surface area contributed by atoms with Crippen LogP contribution in [0, 0.1) is 29.1 Å². The predicted octanol–water partition coefficient (Wildman–Crippen LogP) is 4.13. The Hall–Kier alpha value is -1.80. The maximum atomic E-state index is 13.4. The van der Waals surface area contributed by atoms with E-state index < -0.39 is 61.1 Å². The Morgan fingerprint density at radius 2 is 1.52 bits per heavy atom. The van der Waals surface area contributed by atoms with E-state index in [-0.39, 0.29) is 0 Å². The molecule has 25 heavy (non-hydrogen) atoms. The number of benzene rings is 1. The Morgan fingerprint density at radius 1 is 1.04 bits per heavy atom. The van der Waals surface area contributed by atoms with Gasteiger partial charge >= 0.3 is 14.1 Å². The van der Waals surface area contributed by atoms with E-state index >= 15 is 0 Å². The Labute approximate surface area is 141 Å². The second-order valence-electron chi connectivity index (χ2n) is 5.13. The first-order valence-electron chi connectivity index (χ1n) is 7.23. The van der Waals surface area contributed by atoms with Crippen molar-refractivity contribution in [2.45, 2.75) is 45.8 Å². The lowest BCUT2D eigenvalue weighted by Crippen LogP contribution is -2.33. The van der Waals surface area contributed by atoms with E-state index in [4.69, 9.17) is 4.74 Å². The Bertz CT molecular complexity index is 644. The predicted molar refractivity (Wildman–Crippen MR) is 77.5 cm³/mol. The lowest BCUT2D eigenvalue weighted by Gasteiger charge is -2.13. The van der Waals surface area contributed by atoms with E-state index in [0.29, 0.717) is 6.42 Å². The van der Waals surface area contributed by atoms with Crippen LogP contribution in [0.3, 0.4) is 0 Å². The van der Waals surface area contributed by atoms with Gasteiger partial charge in [0.05, 0.1) is 6.10 Å². The Kier molecular flexibility index (Phi) is 7.69. The molecular formula is C14H16F5NO4P+. The standard InChI is InChI=1S/C14H16F5NO4P/c1-4-5-6(2)23-14(21)7(3)20-25(22)24-13-11(18)9(16)8(15)10(17)12(13)19/h6-7H,4-5H2,1-3H3,(H,20,22)/q+1/t6-,7-/m0/s1. The van der Waals surface area contributed by atoms with Crippen LogP contribution in [0.5, 0.6) is 5.75 Å². The first-order chi connectivity index (χ1) is 11.6. The van der Waals surface area contributed by atoms with Crippen molar-refractivity contribution in [3.8, 4) is 5.75 Å². The molecule has 0 aliphatic heterocycles. The number of rotatable bonds is 8. The summed E-state index contributed by atoms with van der Waals surface area (Å²) < 4.78 is 86.8. The lowest BCUT2D eigenvalue weighted by molar-refractivity contribution is -0.150. The minimum Gasteiger partial charge on any atom is -0.461 e. The SMILES string of the molecule is CCC[C@H](C)OC(=O)[C@H](C)N[P+](=O)Oc1c(F)c(F)c(F)c(F)c1F. The van der Waals surface area contributed by atoms with Gasteiger partial charge in [-0.05, 0) is 20.3 Å². The molecule has 1 unspecified atom stereocenters. The van der Waals surface area contributed by atoms with Crippen LogP contribution in [0.25, 0.3) is 0 Å². The van der Waals surface area contributed by atoms with Crippen LogP contribution >= 0.6 is 8.18 Å². The Morgan fingerprint density at radius 3 is 2.00 bits per heavy atom. The molecule has 1 N–H and O–H groups in total. The summed E-state index contributed by atoms with van der Waals surface area (Å²) in [6, 6.07) is -1.20. The molecule has 0 aliphatic rings. The number of hydrogen-bond acceptors (Lipinski definition) is 4. The van der Waals surface area contributed by atoms with Crippen LogP contribution in [0.1, 0.15) is 33.6 Å². The van der Waals surface area contributed by atoms with Gasteiger partial charge in [-0.3, -0.25) is 4.79 Å². The highest BCUT2D eigenvalue weighted by molar-refractivity contribution is 7.37. The van der Waals surface area contributed by atoms with Gasteiger partial charge in [-0.2, -0.15) is 8.78 Å². The van der Waals surface area contributed by atoms with Gasteiger partial charge in [-0.1, -0.05) is 18.4 Å². The van der Waals surface area contributed by atoms with Gasteiger partial charge in [-0.25, -0.2) is 17.7 Å². The second-order valence-corrected chi connectivity index (χ2v) is 6.09. The van der Waals surface area contributed by atoms with Crippen LogP contribution in [0.2, 0.25) is 0 Å². The largest absolute Gasteiger partial charge is 0.664 e. The smallest absolute Gasteiger partial charge is 0.461 e. The van der Waals surface area contributed by atoms with Crippen molar-refractivity contribution in [1.29, 1.82) is 0 Å². The van der Waals surface area contributed by atoms with Crippen LogP contribution in [-0.2, 0) is 14.1 Å². The quantitative estimate of drug-likeness (QED) is 0.239. The molecule has 5 nitrogen and oxygen atoms in total. The molecule has 0 radical (unpaired) electrons. The van der Waals surface area contributed by atoms with Crippen LogP contribution < -0.4 is 9.61 Å². The van der Waals surface area contributed by atoms with Crippen molar-refractivity contribution in [3.05, 3.63) is 29.1 Å². The monoisotopic (exact) mass is 388 g/mol. The second kappa shape index (κ2) is 9.05. The number of carbonyl (C=O) groups excluding carboxylic acids is 1. The molecular weight excluding hydrogens is 372 g/mol. The molecule has 0 amide bonds. The normalized spacial score (nSPS) is 14.0. The molecule has 0 saturated carbocycles. The van der Waals surface area contributed by atoms with Gasteiger partial charge in [0, 0.05) is 4.57 Å². The fourth-order valence-electron chi connectivity index (χ4n) is 1.75. The van der Waals surface area contributed by atoms with Crippen molar-refractivity contribution in [3.63, 3.8) is 0 Å². The zero-order chi connectivity index (χ0) is 19.3. The summed E-state index contributed by atoms with van der Waals surface area (Å²) in [5.74, 6) is -13.9. The summed E-state index contributed by atoms with van der Waals surface area (Å²) >= 11 is 0. The maximum Gasteiger partial charge on any atom is 0.664 e. The van der Waals surface area contributed by atoms with Crippen molar-refractivity contribution < 1.29 is 40.6 Å². The maximum absolute atomic E-state index is 13.4. The van der Waals surface area contributed by atoms with E-state index in [1.807, 2.05) is 12.0 Å². The van der Waals surface area contributed by atoms with Gasteiger partial charge in [0.15, 0.2) is 0 Å². The summed E-state index contributed by atoms with van der Waals surface area (Å²) in [4.78, 5) is 11.7. The van der Waals surface area contributed by atoms with Crippen molar-refractivity contribution >= 4 is 14.1 Å². The van der Waals surface area contributed by atoms with E-state index in [1.165, 1.54) is 6.92 Å². The minimum absolute atomic E-state index is 0.407. The molecule has 11 heteroatoms. The Balaban J connectivity index is 2.79. The van der Waals surface area contributed by atoms with Gasteiger partial charge in [-0.15, -0.1) is 0 Å². The lowest BCUT2D eigenvalue weighted by atomic mass is 10.2. The highest BCUT2D eigenvalue weighted by atomic mass is 31.1. The summed E-state index contributed by atoms with van der Waals surface area (Å²) in [6.45, 7) is 4.75. The van der Waals surface area contributed by atoms with Crippen LogP contribution in [0.15, 0.2) is 0 Å². The van der Waals surface area contributed by atoms with Gasteiger partial charge in [0.1, 0.15) is 6.04 Å². The molecule has 1 aromatic rings. The molecule has 0 aliphatic carbocycles. The molecule has 1 rings (SSSR count). The average molecular weight is 388 g/mol. The van der Waals surface area contributed by atoms with Gasteiger partial charge < -0.3 is 4.74 Å². The summed E-state index contributed by atoms with van der Waals surface area (Å²) in [6.07, 6.45) is 0.940. The molecule has 140 valence electrons. The first-order valence-corrected chi connectivity index (χ1v) is 8.41. The number of halogens is 5. The molecule has 0 saturated heterocycles. The number of hydrogen-bond donors (Lipinski definition) is 1. The van der Waals surface area contributed by atoms with Gasteiger partial charge in [0.25, 0.3) is 5.75 Å². The summed E-state index contributed by atoms with van der Waals surface area (Å²) in [7, 11) is -3.17. The third-order valence-corrected chi connectivity index (χ3v) is 3.96. The molecule has 0 heterocycles. The molecule has 1 aromatic carbocycles. The molecule has 0 spiro atoms. The van der Waals surface area contributed by atoms with Crippen molar-refractivity contribution in [2.24, 2.45) is 0 Å². The average Bonchev–Trinajstić information content (AvgIpc) is 2.55. The van der Waals surface area contributed by atoms with E-state index in [1.54, 1.807) is 6.92 Å². The molecule has 0 bridgehead atoms. The third kappa shape index (κ3) is 5.34. The number of esters is 1. The summed E-state index contributed by atoms with van der Waals surface area (Å²) in [5.41, 5.74) is 0. The topological polar surface area (TPSA) is 64.6 Å². The molecule has 3 atom stereocenters. The highest BCUT2D eigenvalue weighted by Gasteiger charge is 2.35. The van der Waals surface area contributed by atoms with E-state index in [9.17, 15) is 31.3 Å². The first kappa shape index (κ1) is 21.2. The zero-order valence-electron chi connectivity index (χ0n) is 13.5. The number of ether oxygens (including phenoxy) is 1. The third-order valence-electron chi connectivity index (χ3n) is 3.01. The minimum atomic E-state index is -3.17. The van der Waals surface area contributed by atoms with Crippen LogP contribution in [0.4, 0.5) is 22.0 Å². The fourth-order valence-corrected chi connectivity index (χ4v) is 2.55. The van der Waals surface area contributed by atoms with Crippen LogP contribution in [-0.4, -0.2) is 18.1 Å². The molecule has 0 fully saturated rings. The fraction of sp³-hybridized carbons (Fsp3) is 0.500. The highest BCUT2D eigenvalue weighted by Crippen LogP contribution is 2.34.